The van der Waals surface area contributed by atoms with Gasteiger partial charge in [-0.15, -0.1) is 11.8 Å². The molecule has 0 atom stereocenters. The molecule has 6 heteroatoms. The Kier molecular flexibility index (Phi) is 6.75. The smallest absolute Gasteiger partial charge is 0.287 e. The Morgan fingerprint density at radius 3 is 2.70 bits per heavy atom. The van der Waals surface area contributed by atoms with Gasteiger partial charge in [0.1, 0.15) is 0 Å². The number of furan rings is 1. The Morgan fingerprint density at radius 2 is 2.00 bits per heavy atom. The summed E-state index contributed by atoms with van der Waals surface area (Å²) in [4.78, 5) is 20.3. The van der Waals surface area contributed by atoms with Gasteiger partial charge in [-0.05, 0) is 61.7 Å². The van der Waals surface area contributed by atoms with Crippen LogP contribution in [0.15, 0.2) is 58.1 Å². The number of hydrogen-bond acceptors (Lipinski definition) is 5. The predicted molar refractivity (Wildman–Crippen MR) is 122 cm³/mol. The highest BCUT2D eigenvalue weighted by atomic mass is 32.2. The summed E-state index contributed by atoms with van der Waals surface area (Å²) < 4.78 is 5.57. The number of aromatic nitrogens is 1. The molecule has 3 heterocycles. The summed E-state index contributed by atoms with van der Waals surface area (Å²) in [6.45, 7) is 8.68. The van der Waals surface area contributed by atoms with Crippen LogP contribution in [0, 0.1) is 5.92 Å². The van der Waals surface area contributed by atoms with Crippen molar-refractivity contribution in [1.82, 2.24) is 15.2 Å². The van der Waals surface area contributed by atoms with E-state index in [1.807, 2.05) is 17.8 Å². The van der Waals surface area contributed by atoms with Gasteiger partial charge in [-0.2, -0.15) is 0 Å². The predicted octanol–water partition coefficient (Wildman–Crippen LogP) is 4.97. The number of hydrogen-bond donors (Lipinski definition) is 1. The van der Waals surface area contributed by atoms with Crippen molar-refractivity contribution in [3.05, 3.63) is 60.1 Å². The molecule has 1 aliphatic heterocycles. The van der Waals surface area contributed by atoms with Gasteiger partial charge in [-0.1, -0.05) is 26.0 Å². The number of thioether (sulfide) groups is 1. The minimum Gasteiger partial charge on any atom is -0.449 e. The van der Waals surface area contributed by atoms with Gasteiger partial charge in [0, 0.05) is 34.8 Å². The van der Waals surface area contributed by atoms with Crippen LogP contribution < -0.4 is 5.32 Å². The zero-order chi connectivity index (χ0) is 20.9. The van der Waals surface area contributed by atoms with E-state index < -0.39 is 0 Å². The second-order valence-electron chi connectivity index (χ2n) is 8.36. The highest BCUT2D eigenvalue weighted by Gasteiger charge is 2.20. The second-order valence-corrected chi connectivity index (χ2v) is 9.74. The average Bonchev–Trinajstić information content (AvgIpc) is 3.18. The topological polar surface area (TPSA) is 58.4 Å². The quantitative estimate of drug-likeness (QED) is 0.581. The molecule has 30 heavy (non-hydrogen) atoms. The van der Waals surface area contributed by atoms with Crippen LogP contribution >= 0.6 is 11.8 Å². The summed E-state index contributed by atoms with van der Waals surface area (Å²) in [6.07, 6.45) is 5.81. The SMILES string of the molecule is CC(C)CN1CCC(Sc2ccc(CNC(=O)c3cc4ccncc4o3)cc2)CC1. The number of carbonyl (C=O) groups is 1. The molecule has 1 saturated heterocycles. The molecule has 1 aromatic carbocycles. The maximum Gasteiger partial charge on any atom is 0.287 e. The number of carbonyl (C=O) groups excluding carboxylic acids is 1. The Bertz CT molecular complexity index is 943. The minimum absolute atomic E-state index is 0.210. The van der Waals surface area contributed by atoms with E-state index in [1.165, 1.54) is 37.4 Å². The first-order valence-corrected chi connectivity index (χ1v) is 11.5. The summed E-state index contributed by atoms with van der Waals surface area (Å²) in [5, 5.41) is 4.51. The zero-order valence-electron chi connectivity index (χ0n) is 17.6. The minimum atomic E-state index is -0.210. The zero-order valence-corrected chi connectivity index (χ0v) is 18.5. The molecule has 0 unspecified atom stereocenters. The molecule has 2 aromatic heterocycles. The van der Waals surface area contributed by atoms with Crippen LogP contribution in [0.5, 0.6) is 0 Å². The molecule has 0 saturated carbocycles. The van der Waals surface area contributed by atoms with E-state index in [2.05, 4.69) is 53.3 Å². The van der Waals surface area contributed by atoms with E-state index in [9.17, 15) is 4.79 Å². The lowest BCUT2D eigenvalue weighted by molar-refractivity contribution is 0.0925. The summed E-state index contributed by atoms with van der Waals surface area (Å²) in [7, 11) is 0. The normalized spacial score (nSPS) is 15.7. The Morgan fingerprint density at radius 1 is 1.23 bits per heavy atom. The molecule has 0 spiro atoms. The lowest BCUT2D eigenvalue weighted by Crippen LogP contribution is -2.37. The fraction of sp³-hybridized carbons (Fsp3) is 0.417. The molecule has 0 aliphatic carbocycles. The van der Waals surface area contributed by atoms with Gasteiger partial charge in [0.2, 0.25) is 0 Å². The summed E-state index contributed by atoms with van der Waals surface area (Å²) >= 11 is 1.98. The van der Waals surface area contributed by atoms with Crippen LogP contribution in [0.3, 0.4) is 0 Å². The van der Waals surface area contributed by atoms with Gasteiger partial charge in [-0.25, -0.2) is 0 Å². The number of fused-ring (bicyclic) bond motifs is 1. The Balaban J connectivity index is 1.25. The molecule has 5 nitrogen and oxygen atoms in total. The van der Waals surface area contributed by atoms with Crippen molar-refractivity contribution in [2.45, 2.75) is 43.4 Å². The van der Waals surface area contributed by atoms with Crippen LogP contribution in [-0.4, -0.2) is 40.7 Å². The van der Waals surface area contributed by atoms with Crippen LogP contribution in [0.1, 0.15) is 42.8 Å². The summed E-state index contributed by atoms with van der Waals surface area (Å²) in [5.41, 5.74) is 1.70. The second kappa shape index (κ2) is 9.67. The molecule has 0 bridgehead atoms. The van der Waals surface area contributed by atoms with E-state index in [-0.39, 0.29) is 5.91 Å². The van der Waals surface area contributed by atoms with Crippen LogP contribution in [-0.2, 0) is 6.54 Å². The van der Waals surface area contributed by atoms with Gasteiger partial charge in [0.25, 0.3) is 5.91 Å². The maximum absolute atomic E-state index is 12.4. The fourth-order valence-corrected chi connectivity index (χ4v) is 4.99. The lowest BCUT2D eigenvalue weighted by atomic mass is 10.1. The standard InChI is InChI=1S/C24H29N3O2S/c1-17(2)16-27-11-8-21(9-12-27)30-20-5-3-18(4-6-20)14-26-24(28)22-13-19-7-10-25-15-23(19)29-22/h3-7,10,13,15,17,21H,8-9,11-12,14,16H2,1-2H3,(H,26,28). The largest absolute Gasteiger partial charge is 0.449 e. The molecule has 3 aromatic rings. The highest BCUT2D eigenvalue weighted by molar-refractivity contribution is 8.00. The van der Waals surface area contributed by atoms with Crippen molar-refractivity contribution >= 4 is 28.6 Å². The third-order valence-corrected chi connectivity index (χ3v) is 6.73. The highest BCUT2D eigenvalue weighted by Crippen LogP contribution is 2.30. The van der Waals surface area contributed by atoms with Crippen molar-refractivity contribution in [3.63, 3.8) is 0 Å². The van der Waals surface area contributed by atoms with E-state index in [4.69, 9.17) is 4.42 Å². The van der Waals surface area contributed by atoms with Gasteiger partial charge in [0.15, 0.2) is 11.3 Å². The van der Waals surface area contributed by atoms with Gasteiger partial charge < -0.3 is 14.6 Å². The molecule has 0 radical (unpaired) electrons. The molecule has 1 amide bonds. The third kappa shape index (κ3) is 5.43. The van der Waals surface area contributed by atoms with Gasteiger partial charge >= 0.3 is 0 Å². The number of likely N-dealkylation sites (tertiary alicyclic amines) is 1. The Hall–Kier alpha value is -2.31. The van der Waals surface area contributed by atoms with E-state index in [0.29, 0.717) is 23.1 Å². The molecule has 4 rings (SSSR count). The first-order valence-electron chi connectivity index (χ1n) is 10.7. The van der Waals surface area contributed by atoms with E-state index >= 15 is 0 Å². The summed E-state index contributed by atoms with van der Waals surface area (Å²) in [6, 6.07) is 12.1. The van der Waals surface area contributed by atoms with Crippen LogP contribution in [0.2, 0.25) is 0 Å². The van der Waals surface area contributed by atoms with Gasteiger partial charge in [-0.3, -0.25) is 9.78 Å². The number of piperidine rings is 1. The average molecular weight is 424 g/mol. The monoisotopic (exact) mass is 423 g/mol. The third-order valence-electron chi connectivity index (χ3n) is 5.38. The molecular formula is C24H29N3O2S. The van der Waals surface area contributed by atoms with Crippen LogP contribution in [0.25, 0.3) is 11.0 Å². The number of nitrogens with zero attached hydrogens (tertiary/aromatic N) is 2. The molecule has 1 aliphatic rings. The molecule has 1 fully saturated rings. The maximum atomic E-state index is 12.4. The number of benzene rings is 1. The molecular weight excluding hydrogens is 394 g/mol. The lowest BCUT2D eigenvalue weighted by Gasteiger charge is -2.32. The van der Waals surface area contributed by atoms with Crippen molar-refractivity contribution in [2.75, 3.05) is 19.6 Å². The molecule has 158 valence electrons. The molecule has 1 N–H and O–H groups in total. The fourth-order valence-electron chi connectivity index (χ4n) is 3.87. The van der Waals surface area contributed by atoms with E-state index in [1.54, 1.807) is 18.5 Å². The number of nitrogens with one attached hydrogen (secondary N) is 1. The van der Waals surface area contributed by atoms with Gasteiger partial charge in [0.05, 0.1) is 6.20 Å². The van der Waals surface area contributed by atoms with Crippen LogP contribution in [0.4, 0.5) is 0 Å². The number of rotatable bonds is 7. The summed E-state index contributed by atoms with van der Waals surface area (Å²) in [5.74, 6) is 0.845. The van der Waals surface area contributed by atoms with Crippen molar-refractivity contribution in [1.29, 1.82) is 0 Å². The Labute approximate surface area is 182 Å². The number of amides is 1. The van der Waals surface area contributed by atoms with Crippen molar-refractivity contribution in [2.24, 2.45) is 5.92 Å². The first-order chi connectivity index (χ1) is 14.6. The first kappa shape index (κ1) is 20.9. The van der Waals surface area contributed by atoms with E-state index in [0.717, 1.165) is 16.9 Å². The number of pyridine rings is 1. The van der Waals surface area contributed by atoms with Crippen molar-refractivity contribution in [3.8, 4) is 0 Å². The van der Waals surface area contributed by atoms with Crippen molar-refractivity contribution < 1.29 is 9.21 Å².